The van der Waals surface area contributed by atoms with Crippen LogP contribution in [0.4, 0.5) is 15.8 Å². The van der Waals surface area contributed by atoms with Crippen molar-refractivity contribution in [2.75, 3.05) is 10.6 Å². The van der Waals surface area contributed by atoms with Gasteiger partial charge >= 0.3 is 0 Å². The smallest absolute Gasteiger partial charge is 0.257 e. The normalized spacial score (nSPS) is 10.1. The van der Waals surface area contributed by atoms with E-state index in [1.807, 2.05) is 25.1 Å². The van der Waals surface area contributed by atoms with E-state index >= 15 is 0 Å². The Morgan fingerprint density at radius 3 is 2.00 bits per heavy atom. The molecule has 0 spiro atoms. The van der Waals surface area contributed by atoms with E-state index in [-0.39, 0.29) is 11.0 Å². The summed E-state index contributed by atoms with van der Waals surface area (Å²) in [5.41, 5.74) is 3.07. The lowest BCUT2D eigenvalue weighted by Gasteiger charge is -2.11. The van der Waals surface area contributed by atoms with Gasteiger partial charge in [0.1, 0.15) is 5.82 Å². The van der Waals surface area contributed by atoms with Crippen LogP contribution >= 0.6 is 12.2 Å². The lowest BCUT2D eigenvalue weighted by Crippen LogP contribution is -2.34. The van der Waals surface area contributed by atoms with Crippen molar-refractivity contribution in [2.24, 2.45) is 0 Å². The first-order chi connectivity index (χ1) is 13.9. The molecule has 0 bridgehead atoms. The van der Waals surface area contributed by atoms with Gasteiger partial charge in [0.05, 0.1) is 0 Å². The van der Waals surface area contributed by atoms with Gasteiger partial charge in [-0.05, 0) is 79.3 Å². The van der Waals surface area contributed by atoms with E-state index in [4.69, 9.17) is 12.2 Å². The minimum atomic E-state index is -0.440. The molecule has 0 aliphatic heterocycles. The molecule has 0 unspecified atom stereocenters. The van der Waals surface area contributed by atoms with Gasteiger partial charge in [-0.15, -0.1) is 0 Å². The zero-order chi connectivity index (χ0) is 20.8. The first-order valence-electron chi connectivity index (χ1n) is 8.77. The van der Waals surface area contributed by atoms with Crippen LogP contribution in [0.2, 0.25) is 0 Å². The number of amides is 2. The molecule has 0 heterocycles. The Morgan fingerprint density at radius 2 is 1.38 bits per heavy atom. The standard InChI is InChI=1S/C22H18FN3O2S/c1-14-4-2-3-5-19(14)21(28)24-17-10-12-18(13-11-17)25-22(29)26-20(27)15-6-8-16(23)9-7-15/h2-13H,1H3,(H,24,28)(H2,25,26,27,29). The fraction of sp³-hybridized carbons (Fsp3) is 0.0455. The van der Waals surface area contributed by atoms with Gasteiger partial charge in [-0.3, -0.25) is 14.9 Å². The van der Waals surface area contributed by atoms with Gasteiger partial charge in [-0.25, -0.2) is 4.39 Å². The molecule has 3 aromatic carbocycles. The monoisotopic (exact) mass is 407 g/mol. The second kappa shape index (κ2) is 9.07. The minimum absolute atomic E-state index is 0.107. The molecule has 0 saturated carbocycles. The molecule has 0 radical (unpaired) electrons. The average molecular weight is 407 g/mol. The van der Waals surface area contributed by atoms with E-state index in [1.165, 1.54) is 24.3 Å². The van der Waals surface area contributed by atoms with Crippen molar-refractivity contribution in [1.82, 2.24) is 5.32 Å². The van der Waals surface area contributed by atoms with E-state index in [2.05, 4.69) is 16.0 Å². The number of anilines is 2. The van der Waals surface area contributed by atoms with Crippen molar-refractivity contribution < 1.29 is 14.0 Å². The Morgan fingerprint density at radius 1 is 0.793 bits per heavy atom. The first-order valence-corrected chi connectivity index (χ1v) is 9.18. The summed E-state index contributed by atoms with van der Waals surface area (Å²) in [6, 6.07) is 19.4. The number of halogens is 1. The summed E-state index contributed by atoms with van der Waals surface area (Å²) in [6.07, 6.45) is 0. The van der Waals surface area contributed by atoms with Crippen LogP contribution in [-0.4, -0.2) is 16.9 Å². The molecule has 3 aromatic rings. The molecule has 0 atom stereocenters. The lowest BCUT2D eigenvalue weighted by atomic mass is 10.1. The molecule has 3 N–H and O–H groups in total. The molecule has 29 heavy (non-hydrogen) atoms. The number of carbonyl (C=O) groups is 2. The predicted octanol–water partition coefficient (Wildman–Crippen LogP) is 4.51. The van der Waals surface area contributed by atoms with E-state index in [0.29, 0.717) is 22.5 Å². The van der Waals surface area contributed by atoms with E-state index in [9.17, 15) is 14.0 Å². The van der Waals surface area contributed by atoms with Crippen LogP contribution in [0, 0.1) is 12.7 Å². The summed E-state index contributed by atoms with van der Waals surface area (Å²) in [6.45, 7) is 1.88. The predicted molar refractivity (Wildman–Crippen MR) is 116 cm³/mol. The Hall–Kier alpha value is -3.58. The zero-order valence-electron chi connectivity index (χ0n) is 15.5. The number of hydrogen-bond donors (Lipinski definition) is 3. The highest BCUT2D eigenvalue weighted by Crippen LogP contribution is 2.16. The quantitative estimate of drug-likeness (QED) is 0.557. The summed E-state index contributed by atoms with van der Waals surface area (Å²) in [5, 5.41) is 8.36. The van der Waals surface area contributed by atoms with Crippen molar-refractivity contribution in [3.8, 4) is 0 Å². The minimum Gasteiger partial charge on any atom is -0.332 e. The largest absolute Gasteiger partial charge is 0.332 e. The van der Waals surface area contributed by atoms with Crippen LogP contribution in [0.25, 0.3) is 0 Å². The summed E-state index contributed by atoms with van der Waals surface area (Å²) in [4.78, 5) is 24.4. The highest BCUT2D eigenvalue weighted by molar-refractivity contribution is 7.80. The van der Waals surface area contributed by atoms with Gasteiger partial charge in [-0.1, -0.05) is 18.2 Å². The molecular formula is C22H18FN3O2S. The fourth-order valence-corrected chi connectivity index (χ4v) is 2.81. The molecule has 0 aliphatic rings. The molecular weight excluding hydrogens is 389 g/mol. The van der Waals surface area contributed by atoms with Crippen molar-refractivity contribution in [2.45, 2.75) is 6.92 Å². The lowest BCUT2D eigenvalue weighted by molar-refractivity contribution is 0.0976. The van der Waals surface area contributed by atoms with Crippen LogP contribution < -0.4 is 16.0 Å². The molecule has 0 fully saturated rings. The van der Waals surface area contributed by atoms with Crippen LogP contribution in [0.5, 0.6) is 0 Å². The molecule has 0 saturated heterocycles. The van der Waals surface area contributed by atoms with E-state index in [0.717, 1.165) is 5.56 Å². The number of rotatable bonds is 4. The van der Waals surface area contributed by atoms with Crippen LogP contribution in [0.15, 0.2) is 72.8 Å². The molecule has 5 nitrogen and oxygen atoms in total. The van der Waals surface area contributed by atoms with Crippen molar-refractivity contribution in [3.05, 3.63) is 95.3 Å². The second-order valence-electron chi connectivity index (χ2n) is 6.26. The van der Waals surface area contributed by atoms with Gasteiger partial charge in [0, 0.05) is 22.5 Å². The SMILES string of the molecule is Cc1ccccc1C(=O)Nc1ccc(NC(=S)NC(=O)c2ccc(F)cc2)cc1. The van der Waals surface area contributed by atoms with Crippen molar-refractivity contribution >= 4 is 40.5 Å². The third kappa shape index (κ3) is 5.46. The average Bonchev–Trinajstić information content (AvgIpc) is 2.70. The zero-order valence-corrected chi connectivity index (χ0v) is 16.3. The third-order valence-corrected chi connectivity index (χ3v) is 4.33. The highest BCUT2D eigenvalue weighted by Gasteiger charge is 2.10. The second-order valence-corrected chi connectivity index (χ2v) is 6.67. The fourth-order valence-electron chi connectivity index (χ4n) is 2.60. The Labute approximate surface area is 173 Å². The molecule has 7 heteroatoms. The third-order valence-electron chi connectivity index (χ3n) is 4.12. The van der Waals surface area contributed by atoms with Gasteiger partial charge < -0.3 is 10.6 Å². The Bertz CT molecular complexity index is 1050. The van der Waals surface area contributed by atoms with Gasteiger partial charge in [0.15, 0.2) is 5.11 Å². The number of aryl methyl sites for hydroxylation is 1. The maximum absolute atomic E-state index is 12.9. The maximum atomic E-state index is 12.9. The number of nitrogens with one attached hydrogen (secondary N) is 3. The van der Waals surface area contributed by atoms with E-state index in [1.54, 1.807) is 30.3 Å². The summed E-state index contributed by atoms with van der Waals surface area (Å²) >= 11 is 5.13. The van der Waals surface area contributed by atoms with Crippen LogP contribution in [-0.2, 0) is 0 Å². The van der Waals surface area contributed by atoms with Crippen molar-refractivity contribution in [3.63, 3.8) is 0 Å². The van der Waals surface area contributed by atoms with Gasteiger partial charge in [0.25, 0.3) is 11.8 Å². The summed E-state index contributed by atoms with van der Waals surface area (Å²) < 4.78 is 12.9. The molecule has 146 valence electrons. The maximum Gasteiger partial charge on any atom is 0.257 e. The number of hydrogen-bond acceptors (Lipinski definition) is 3. The number of carbonyl (C=O) groups excluding carboxylic acids is 2. The Balaban J connectivity index is 1.56. The Kier molecular flexibility index (Phi) is 6.31. The highest BCUT2D eigenvalue weighted by atomic mass is 32.1. The summed E-state index contributed by atoms with van der Waals surface area (Å²) in [7, 11) is 0. The van der Waals surface area contributed by atoms with E-state index < -0.39 is 11.7 Å². The van der Waals surface area contributed by atoms with Crippen LogP contribution in [0.1, 0.15) is 26.3 Å². The molecule has 0 aliphatic carbocycles. The molecule has 2 amide bonds. The summed E-state index contributed by atoms with van der Waals surface area (Å²) in [5.74, 6) is -1.05. The number of thiocarbonyl (C=S) groups is 1. The number of benzene rings is 3. The van der Waals surface area contributed by atoms with Crippen LogP contribution in [0.3, 0.4) is 0 Å². The van der Waals surface area contributed by atoms with Crippen molar-refractivity contribution in [1.29, 1.82) is 0 Å². The topological polar surface area (TPSA) is 70.2 Å². The molecule has 3 rings (SSSR count). The first kappa shape index (κ1) is 20.2. The van der Waals surface area contributed by atoms with Gasteiger partial charge in [-0.2, -0.15) is 0 Å². The molecule has 0 aromatic heterocycles. The van der Waals surface area contributed by atoms with Gasteiger partial charge in [0.2, 0.25) is 0 Å².